The van der Waals surface area contributed by atoms with E-state index in [-0.39, 0.29) is 0 Å². The van der Waals surface area contributed by atoms with Crippen LogP contribution in [0.2, 0.25) is 5.02 Å². The zero-order valence-corrected chi connectivity index (χ0v) is 17.9. The number of halogens is 1. The van der Waals surface area contributed by atoms with Gasteiger partial charge in [-0.05, 0) is 57.5 Å². The maximum atomic E-state index is 6.22. The summed E-state index contributed by atoms with van der Waals surface area (Å²) in [5.74, 6) is 1.15. The number of benzene rings is 1. The van der Waals surface area contributed by atoms with Gasteiger partial charge in [-0.15, -0.1) is 11.8 Å². The zero-order valence-electron chi connectivity index (χ0n) is 16.4. The van der Waals surface area contributed by atoms with Crippen LogP contribution in [0.3, 0.4) is 0 Å². The zero-order chi connectivity index (χ0) is 18.4. The average molecular weight is 396 g/mol. The van der Waals surface area contributed by atoms with E-state index in [1.807, 2.05) is 23.9 Å². The molecule has 0 bridgehead atoms. The number of hydrogen-bond acceptors (Lipinski definition) is 4. The van der Waals surface area contributed by atoms with E-state index in [4.69, 9.17) is 11.6 Å². The van der Waals surface area contributed by atoms with Crippen molar-refractivity contribution in [2.75, 3.05) is 51.6 Å². The van der Waals surface area contributed by atoms with Crippen LogP contribution < -0.4 is 0 Å². The number of nitrogens with zero attached hydrogens (tertiary/aromatic N) is 3. The topological polar surface area (TPSA) is 9.72 Å². The Bertz CT molecular complexity index is 538. The monoisotopic (exact) mass is 395 g/mol. The lowest BCUT2D eigenvalue weighted by molar-refractivity contribution is 0.110. The van der Waals surface area contributed by atoms with E-state index in [0.717, 1.165) is 22.9 Å². The van der Waals surface area contributed by atoms with Crippen molar-refractivity contribution in [1.29, 1.82) is 0 Å². The van der Waals surface area contributed by atoms with E-state index in [1.165, 1.54) is 70.0 Å². The molecule has 0 radical (unpaired) electrons. The van der Waals surface area contributed by atoms with Crippen LogP contribution in [0.15, 0.2) is 29.2 Å². The molecule has 0 saturated carbocycles. The summed E-state index contributed by atoms with van der Waals surface area (Å²) in [5.41, 5.74) is 0. The molecule has 2 atom stereocenters. The summed E-state index contributed by atoms with van der Waals surface area (Å²) >= 11 is 8.11. The molecule has 0 aliphatic carbocycles. The van der Waals surface area contributed by atoms with Crippen molar-refractivity contribution < 1.29 is 0 Å². The normalized spacial score (nSPS) is 25.8. The Morgan fingerprint density at radius 3 is 2.19 bits per heavy atom. The molecule has 2 heterocycles. The molecule has 26 heavy (non-hydrogen) atoms. The number of piperazine rings is 1. The highest BCUT2D eigenvalue weighted by molar-refractivity contribution is 7.99. The molecule has 0 amide bonds. The van der Waals surface area contributed by atoms with Crippen LogP contribution in [0.1, 0.15) is 33.1 Å². The fourth-order valence-electron chi connectivity index (χ4n) is 4.21. The summed E-state index contributed by atoms with van der Waals surface area (Å²) in [4.78, 5) is 9.21. The van der Waals surface area contributed by atoms with Crippen molar-refractivity contribution in [1.82, 2.24) is 14.7 Å². The third-order valence-corrected chi connectivity index (χ3v) is 7.59. The second kappa shape index (κ2) is 10.3. The summed E-state index contributed by atoms with van der Waals surface area (Å²) in [5, 5.41) is 0.882. The highest BCUT2D eigenvalue weighted by Crippen LogP contribution is 2.27. The van der Waals surface area contributed by atoms with Gasteiger partial charge in [0.15, 0.2) is 0 Å². The van der Waals surface area contributed by atoms with E-state index in [9.17, 15) is 0 Å². The van der Waals surface area contributed by atoms with Crippen molar-refractivity contribution in [3.63, 3.8) is 0 Å². The Kier molecular flexibility index (Phi) is 8.13. The quantitative estimate of drug-likeness (QED) is 0.479. The first-order chi connectivity index (χ1) is 12.6. The lowest BCUT2D eigenvalue weighted by Gasteiger charge is -2.36. The molecular formula is C21H34ClN3S. The minimum absolute atomic E-state index is 0.780. The number of likely N-dealkylation sites (tertiary alicyclic amines) is 1. The molecule has 2 unspecified atom stereocenters. The fourth-order valence-corrected chi connectivity index (χ4v) is 5.39. The highest BCUT2D eigenvalue weighted by Gasteiger charge is 2.27. The minimum atomic E-state index is 0.780. The van der Waals surface area contributed by atoms with E-state index in [2.05, 4.69) is 40.7 Å². The van der Waals surface area contributed by atoms with E-state index in [0.29, 0.717) is 0 Å². The number of rotatable bonds is 8. The lowest BCUT2D eigenvalue weighted by atomic mass is 10.2. The van der Waals surface area contributed by atoms with Crippen molar-refractivity contribution >= 4 is 23.4 Å². The summed E-state index contributed by atoms with van der Waals surface area (Å²) in [7, 11) is 0. The summed E-state index contributed by atoms with van der Waals surface area (Å²) in [6.45, 7) is 13.4. The molecule has 1 aromatic carbocycles. The molecule has 1 aromatic rings. The molecule has 3 rings (SSSR count). The Morgan fingerprint density at radius 2 is 1.54 bits per heavy atom. The van der Waals surface area contributed by atoms with Gasteiger partial charge < -0.3 is 4.90 Å². The van der Waals surface area contributed by atoms with Gasteiger partial charge in [0.25, 0.3) is 0 Å². The van der Waals surface area contributed by atoms with Gasteiger partial charge in [-0.25, -0.2) is 0 Å². The third-order valence-electron chi connectivity index (χ3n) is 5.99. The van der Waals surface area contributed by atoms with Gasteiger partial charge in [-0.2, -0.15) is 0 Å². The van der Waals surface area contributed by atoms with Gasteiger partial charge in [-0.1, -0.05) is 23.7 Å². The molecule has 146 valence electrons. The van der Waals surface area contributed by atoms with Gasteiger partial charge in [0, 0.05) is 56.2 Å². The van der Waals surface area contributed by atoms with Crippen LogP contribution in [-0.4, -0.2) is 78.3 Å². The van der Waals surface area contributed by atoms with Crippen LogP contribution in [0.25, 0.3) is 0 Å². The van der Waals surface area contributed by atoms with Gasteiger partial charge in [0.05, 0.1) is 5.02 Å². The molecule has 0 N–H and O–H groups in total. The van der Waals surface area contributed by atoms with Crippen LogP contribution in [0.5, 0.6) is 0 Å². The van der Waals surface area contributed by atoms with E-state index in [1.54, 1.807) is 0 Å². The van der Waals surface area contributed by atoms with Crippen LogP contribution in [-0.2, 0) is 0 Å². The predicted octanol–water partition coefficient (Wildman–Crippen LogP) is 4.31. The van der Waals surface area contributed by atoms with Gasteiger partial charge >= 0.3 is 0 Å². The molecule has 5 heteroatoms. The minimum Gasteiger partial charge on any atom is -0.301 e. The Morgan fingerprint density at radius 1 is 0.923 bits per heavy atom. The van der Waals surface area contributed by atoms with Gasteiger partial charge in [0.2, 0.25) is 0 Å². The number of hydrogen-bond donors (Lipinski definition) is 0. The Hall–Kier alpha value is -0.260. The van der Waals surface area contributed by atoms with Crippen molar-refractivity contribution in [2.24, 2.45) is 0 Å². The molecule has 0 spiro atoms. The van der Waals surface area contributed by atoms with Crippen molar-refractivity contribution in [3.8, 4) is 0 Å². The summed E-state index contributed by atoms with van der Waals surface area (Å²) in [6, 6.07) is 9.72. The van der Waals surface area contributed by atoms with Gasteiger partial charge in [0.1, 0.15) is 0 Å². The van der Waals surface area contributed by atoms with Gasteiger partial charge in [-0.3, -0.25) is 9.80 Å². The summed E-state index contributed by atoms with van der Waals surface area (Å²) < 4.78 is 0. The summed E-state index contributed by atoms with van der Waals surface area (Å²) in [6.07, 6.45) is 3.99. The maximum Gasteiger partial charge on any atom is 0.0541 e. The largest absolute Gasteiger partial charge is 0.301 e. The van der Waals surface area contributed by atoms with Crippen molar-refractivity contribution in [2.45, 2.75) is 50.1 Å². The average Bonchev–Trinajstić information content (AvgIpc) is 2.97. The molecule has 3 nitrogen and oxygen atoms in total. The molecule has 2 aliphatic heterocycles. The second-order valence-electron chi connectivity index (χ2n) is 7.83. The fraction of sp³-hybridized carbons (Fsp3) is 0.714. The maximum absolute atomic E-state index is 6.22. The molecule has 2 fully saturated rings. The van der Waals surface area contributed by atoms with Crippen LogP contribution in [0, 0.1) is 0 Å². The SMILES string of the molecule is CC1CCC(C)N1CCN1CCN(CCCSc2ccccc2Cl)CC1. The molecule has 0 aromatic heterocycles. The standard InChI is InChI=1S/C21H34ClN3S/c1-18-8-9-19(2)25(18)16-15-24-13-11-23(12-14-24)10-5-17-26-21-7-4-3-6-20(21)22/h3-4,6-7,18-19H,5,8-17H2,1-2H3. The van der Waals surface area contributed by atoms with E-state index >= 15 is 0 Å². The first kappa shape index (κ1) is 20.5. The first-order valence-electron chi connectivity index (χ1n) is 10.2. The molecule has 2 saturated heterocycles. The van der Waals surface area contributed by atoms with Crippen molar-refractivity contribution in [3.05, 3.63) is 29.3 Å². The smallest absolute Gasteiger partial charge is 0.0541 e. The molecule has 2 aliphatic rings. The lowest BCUT2D eigenvalue weighted by Crippen LogP contribution is -2.49. The first-order valence-corrected chi connectivity index (χ1v) is 11.6. The highest BCUT2D eigenvalue weighted by atomic mass is 35.5. The Balaban J connectivity index is 1.27. The van der Waals surface area contributed by atoms with E-state index < -0.39 is 0 Å². The molecular weight excluding hydrogens is 362 g/mol. The Labute approximate surface area is 169 Å². The van der Waals surface area contributed by atoms with Crippen LogP contribution in [0.4, 0.5) is 0 Å². The third kappa shape index (κ3) is 5.87. The predicted molar refractivity (Wildman–Crippen MR) is 115 cm³/mol. The van der Waals surface area contributed by atoms with Crippen LogP contribution >= 0.6 is 23.4 Å². The number of thioether (sulfide) groups is 1. The second-order valence-corrected chi connectivity index (χ2v) is 9.37.